The van der Waals surface area contributed by atoms with Crippen molar-refractivity contribution in [2.24, 2.45) is 10.9 Å². The maximum Gasteiger partial charge on any atom is 0.230 e. The molecule has 2 aliphatic heterocycles. The number of allylic oxidation sites excluding steroid dienone is 3. The molecule has 0 radical (unpaired) electrons. The zero-order valence-electron chi connectivity index (χ0n) is 15.3. The Morgan fingerprint density at radius 1 is 1.36 bits per heavy atom. The highest BCUT2D eigenvalue weighted by atomic mass is 32.3. The maximum absolute atomic E-state index is 13.1. The monoisotopic (exact) mass is 422 g/mol. The minimum atomic E-state index is -3.38. The van der Waals surface area contributed by atoms with Crippen LogP contribution in [0.2, 0.25) is 0 Å². The zero-order chi connectivity index (χ0) is 20.2. The number of hydrogen-bond donors (Lipinski definition) is 2. The Morgan fingerprint density at radius 3 is 2.71 bits per heavy atom. The van der Waals surface area contributed by atoms with Gasteiger partial charge >= 0.3 is 0 Å². The minimum absolute atomic E-state index is 0.173. The van der Waals surface area contributed by atoms with Gasteiger partial charge in [-0.25, -0.2) is 13.9 Å². The molecule has 1 spiro atoms. The third-order valence-corrected chi connectivity index (χ3v) is 9.58. The molecule has 2 heterocycles. The van der Waals surface area contributed by atoms with Crippen LogP contribution in [-0.4, -0.2) is 42.7 Å². The molecule has 3 unspecified atom stereocenters. The number of hydrogen-bond acceptors (Lipinski definition) is 7. The number of thioether (sulfide) groups is 1. The Morgan fingerprint density at radius 2 is 2.07 bits per heavy atom. The van der Waals surface area contributed by atoms with Gasteiger partial charge in [-0.15, -0.1) is 11.8 Å². The first-order chi connectivity index (χ1) is 13.5. The number of amides is 1. The fourth-order valence-corrected chi connectivity index (χ4v) is 8.03. The predicted octanol–water partition coefficient (Wildman–Crippen LogP) is 2.73. The van der Waals surface area contributed by atoms with Crippen LogP contribution in [0.4, 0.5) is 0 Å². The van der Waals surface area contributed by atoms with Crippen molar-refractivity contribution < 1.29 is 23.2 Å². The lowest BCUT2D eigenvalue weighted by atomic mass is 9.79. The van der Waals surface area contributed by atoms with Gasteiger partial charge in [0.15, 0.2) is 9.84 Å². The van der Waals surface area contributed by atoms with Crippen LogP contribution in [0, 0.1) is 5.92 Å². The fraction of sp³-hybridized carbons (Fsp3) is 0.368. The molecule has 150 valence electrons. The third-order valence-electron chi connectivity index (χ3n) is 5.13. The van der Waals surface area contributed by atoms with E-state index in [0.717, 1.165) is 18.5 Å². The third kappa shape index (κ3) is 3.74. The van der Waals surface area contributed by atoms with Gasteiger partial charge in [-0.2, -0.15) is 0 Å². The Kier molecular flexibility index (Phi) is 6.26. The molecule has 1 aromatic carbocycles. The Labute approximate surface area is 168 Å². The summed E-state index contributed by atoms with van der Waals surface area (Å²) in [5, 5.41) is 7.26. The summed E-state index contributed by atoms with van der Waals surface area (Å²) in [7, 11) is -1.80. The second-order valence-corrected chi connectivity index (χ2v) is 10.5. The average Bonchev–Trinajstić information content (AvgIpc) is 3.13. The van der Waals surface area contributed by atoms with E-state index in [9.17, 15) is 8.42 Å². The summed E-state index contributed by atoms with van der Waals surface area (Å²) >= 11 is 1.59. The number of ether oxygens (including phenoxy) is 1. The van der Waals surface area contributed by atoms with Crippen LogP contribution < -0.4 is 10.2 Å². The molecule has 0 saturated carbocycles. The van der Waals surface area contributed by atoms with Crippen molar-refractivity contribution in [2.45, 2.75) is 33.5 Å². The number of rotatable bonds is 4. The summed E-state index contributed by atoms with van der Waals surface area (Å²) in [5.74, 6) is 0.991. The number of nitrogens with zero attached hydrogens (tertiary/aromatic N) is 1. The fourth-order valence-electron chi connectivity index (χ4n) is 3.76. The molecule has 2 N–H and O–H groups in total. The molecule has 0 aromatic heterocycles. The van der Waals surface area contributed by atoms with Crippen molar-refractivity contribution in [1.29, 1.82) is 0 Å². The van der Waals surface area contributed by atoms with Gasteiger partial charge < -0.3 is 4.74 Å². The Bertz CT molecular complexity index is 909. The number of carbonyl (C=O) groups is 1. The molecule has 1 aliphatic carbocycles. The lowest BCUT2D eigenvalue weighted by Gasteiger charge is -2.37. The van der Waals surface area contributed by atoms with Gasteiger partial charge in [0.25, 0.3) is 0 Å². The molecular weight excluding hydrogens is 400 g/mol. The van der Waals surface area contributed by atoms with Crippen molar-refractivity contribution in [2.75, 3.05) is 7.11 Å². The molecule has 4 rings (SSSR count). The number of sulfone groups is 1. The van der Waals surface area contributed by atoms with Crippen LogP contribution in [-0.2, 0) is 14.6 Å². The van der Waals surface area contributed by atoms with Gasteiger partial charge in [0.2, 0.25) is 6.41 Å². The van der Waals surface area contributed by atoms with Crippen LogP contribution in [0.5, 0.6) is 5.75 Å². The largest absolute Gasteiger partial charge is 0.497 e. The first kappa shape index (κ1) is 20.6. The number of methoxy groups -OCH3 is 1. The van der Waals surface area contributed by atoms with Gasteiger partial charge in [0.1, 0.15) is 10.3 Å². The second kappa shape index (κ2) is 8.50. The van der Waals surface area contributed by atoms with E-state index in [-0.39, 0.29) is 11.2 Å². The molecule has 0 bridgehead atoms. The van der Waals surface area contributed by atoms with Gasteiger partial charge in [-0.1, -0.05) is 12.2 Å². The van der Waals surface area contributed by atoms with Gasteiger partial charge in [0, 0.05) is 6.21 Å². The molecule has 1 amide bonds. The van der Waals surface area contributed by atoms with E-state index in [1.165, 1.54) is 5.48 Å². The summed E-state index contributed by atoms with van der Waals surface area (Å²) < 4.78 is 30.7. The zero-order valence-corrected chi connectivity index (χ0v) is 16.9. The first-order valence-electron chi connectivity index (χ1n) is 8.77. The standard InChI is InChI=1S/C18H19NO3S2.CH3NO2/c1-22-14-5-7-15(8-6-14)24(20,21)17-12-13-9-11-19-16-4-2-3-10-18(13,16)23-17;3-1-2-4/h2-8,11,13,17H,9-10,12H2,1H3;1,4H,(H,2,3). The molecule has 3 atom stereocenters. The number of aliphatic imine (C=N–C) groups is 1. The lowest BCUT2D eigenvalue weighted by molar-refractivity contribution is -0.116. The molecular formula is C19H22N2O5S2. The summed E-state index contributed by atoms with van der Waals surface area (Å²) in [5.41, 5.74) is 2.28. The van der Waals surface area contributed by atoms with E-state index in [0.29, 0.717) is 23.0 Å². The van der Waals surface area contributed by atoms with Crippen molar-refractivity contribution in [3.05, 3.63) is 48.2 Å². The molecule has 7 nitrogen and oxygen atoms in total. The van der Waals surface area contributed by atoms with Crippen LogP contribution in [0.3, 0.4) is 0 Å². The van der Waals surface area contributed by atoms with E-state index in [1.807, 2.05) is 18.4 Å². The molecule has 3 aliphatic rings. The van der Waals surface area contributed by atoms with Crippen molar-refractivity contribution in [3.63, 3.8) is 0 Å². The Balaban J connectivity index is 0.000000516. The van der Waals surface area contributed by atoms with E-state index in [2.05, 4.69) is 11.1 Å². The van der Waals surface area contributed by atoms with E-state index < -0.39 is 14.4 Å². The van der Waals surface area contributed by atoms with Gasteiger partial charge in [0.05, 0.1) is 22.4 Å². The normalized spacial score (nSPS) is 27.6. The molecule has 1 fully saturated rings. The smallest absolute Gasteiger partial charge is 0.230 e. The minimum Gasteiger partial charge on any atom is -0.497 e. The highest BCUT2D eigenvalue weighted by Crippen LogP contribution is 2.59. The average molecular weight is 423 g/mol. The quantitative estimate of drug-likeness (QED) is 0.439. The number of carbonyl (C=O) groups excluding carboxylic acids is 1. The van der Waals surface area contributed by atoms with E-state index >= 15 is 0 Å². The maximum atomic E-state index is 13.1. The van der Waals surface area contributed by atoms with Crippen molar-refractivity contribution >= 4 is 34.2 Å². The SMILES string of the molecule is COc1ccc(S(=O)(=O)C2CC3CC=NC4=CC=CCC43S2)cc1.O=CNO. The van der Waals surface area contributed by atoms with Gasteiger partial charge in [-0.05, 0) is 55.5 Å². The summed E-state index contributed by atoms with van der Waals surface area (Å²) in [4.78, 5) is 13.7. The number of nitrogens with one attached hydrogen (secondary N) is 1. The van der Waals surface area contributed by atoms with E-state index in [1.54, 1.807) is 43.1 Å². The summed E-state index contributed by atoms with van der Waals surface area (Å²) in [6.07, 6.45) is 10.7. The first-order valence-corrected chi connectivity index (χ1v) is 11.2. The van der Waals surface area contributed by atoms with Crippen molar-refractivity contribution in [3.8, 4) is 5.75 Å². The lowest BCUT2D eigenvalue weighted by Crippen LogP contribution is -2.35. The van der Waals surface area contributed by atoms with E-state index in [4.69, 9.17) is 14.7 Å². The predicted molar refractivity (Wildman–Crippen MR) is 108 cm³/mol. The Hall–Kier alpha value is -2.10. The highest BCUT2D eigenvalue weighted by Gasteiger charge is 2.54. The van der Waals surface area contributed by atoms with Crippen LogP contribution >= 0.6 is 11.8 Å². The molecule has 1 aromatic rings. The van der Waals surface area contributed by atoms with Crippen LogP contribution in [0.25, 0.3) is 0 Å². The van der Waals surface area contributed by atoms with Crippen molar-refractivity contribution in [1.82, 2.24) is 5.48 Å². The number of benzene rings is 1. The summed E-state index contributed by atoms with van der Waals surface area (Å²) in [6, 6.07) is 6.69. The molecule has 1 saturated heterocycles. The second-order valence-electron chi connectivity index (χ2n) is 6.57. The van der Waals surface area contributed by atoms with Gasteiger partial charge in [-0.3, -0.25) is 15.0 Å². The topological polar surface area (TPSA) is 105 Å². The van der Waals surface area contributed by atoms with Crippen LogP contribution in [0.15, 0.2) is 58.1 Å². The summed E-state index contributed by atoms with van der Waals surface area (Å²) in [6.45, 7) is 0. The van der Waals surface area contributed by atoms with Crippen LogP contribution in [0.1, 0.15) is 19.3 Å². The molecule has 9 heteroatoms. The molecule has 28 heavy (non-hydrogen) atoms. The number of hydroxylamine groups is 1. The highest BCUT2D eigenvalue weighted by molar-refractivity contribution is 8.14.